The van der Waals surface area contributed by atoms with Gasteiger partial charge in [0.05, 0.1) is 25.5 Å². The first-order valence-electron chi connectivity index (χ1n) is 10.3. The number of ether oxygens (including phenoxy) is 1. The number of anilines is 1. The number of hydrogen-bond acceptors (Lipinski definition) is 4. The fourth-order valence-electron chi connectivity index (χ4n) is 3.61. The second kappa shape index (κ2) is 9.78. The molecule has 0 atom stereocenters. The van der Waals surface area contributed by atoms with Crippen LogP contribution in [0.5, 0.6) is 5.75 Å². The van der Waals surface area contributed by atoms with Crippen molar-refractivity contribution < 1.29 is 14.3 Å². The number of hydrogen-bond donors (Lipinski definition) is 3. The van der Waals surface area contributed by atoms with Gasteiger partial charge in [-0.25, -0.2) is 0 Å². The Morgan fingerprint density at radius 3 is 2.56 bits per heavy atom. The second-order valence-corrected chi connectivity index (χ2v) is 7.32. The molecule has 0 spiro atoms. The van der Waals surface area contributed by atoms with Gasteiger partial charge in [-0.2, -0.15) is 0 Å². The molecular formula is C25H24N4O3. The maximum absolute atomic E-state index is 12.4. The Morgan fingerprint density at radius 2 is 1.81 bits per heavy atom. The fraction of sp³-hybridized carbons (Fsp3) is 0.160. The summed E-state index contributed by atoms with van der Waals surface area (Å²) in [6.45, 7) is -0.0903. The minimum absolute atomic E-state index is 0.0903. The monoisotopic (exact) mass is 428 g/mol. The SMILES string of the molecule is COc1ccc(-c2[nH]c3ccccc3c2CCC(=O)NCC(=O)Nc2cccnc2)cc1. The summed E-state index contributed by atoms with van der Waals surface area (Å²) in [5, 5.41) is 6.47. The first-order valence-corrected chi connectivity index (χ1v) is 10.3. The molecular weight excluding hydrogens is 404 g/mol. The van der Waals surface area contributed by atoms with Gasteiger partial charge < -0.3 is 20.4 Å². The van der Waals surface area contributed by atoms with Crippen molar-refractivity contribution in [3.8, 4) is 17.0 Å². The van der Waals surface area contributed by atoms with E-state index in [1.54, 1.807) is 31.6 Å². The Bertz CT molecular complexity index is 1220. The molecule has 0 aliphatic rings. The van der Waals surface area contributed by atoms with Crippen molar-refractivity contribution in [3.63, 3.8) is 0 Å². The largest absolute Gasteiger partial charge is 0.497 e. The molecule has 0 unspecified atom stereocenters. The van der Waals surface area contributed by atoms with Gasteiger partial charge in [0.1, 0.15) is 5.75 Å². The van der Waals surface area contributed by atoms with Crippen LogP contribution in [0.1, 0.15) is 12.0 Å². The summed E-state index contributed by atoms with van der Waals surface area (Å²) in [6, 6.07) is 19.3. The number of aromatic nitrogens is 2. The van der Waals surface area contributed by atoms with Crippen LogP contribution in [0, 0.1) is 0 Å². The van der Waals surface area contributed by atoms with Crippen LogP contribution < -0.4 is 15.4 Å². The molecule has 2 aromatic carbocycles. The highest BCUT2D eigenvalue weighted by Crippen LogP contribution is 2.32. The van der Waals surface area contributed by atoms with Crippen LogP contribution in [0.4, 0.5) is 5.69 Å². The lowest BCUT2D eigenvalue weighted by Gasteiger charge is -2.08. The molecule has 0 saturated carbocycles. The average molecular weight is 428 g/mol. The van der Waals surface area contributed by atoms with Crippen molar-refractivity contribution in [2.75, 3.05) is 19.0 Å². The molecule has 162 valence electrons. The van der Waals surface area contributed by atoms with Crippen molar-refractivity contribution in [2.45, 2.75) is 12.8 Å². The molecule has 4 rings (SSSR count). The zero-order valence-electron chi connectivity index (χ0n) is 17.7. The fourth-order valence-corrected chi connectivity index (χ4v) is 3.61. The molecule has 7 heteroatoms. The number of aryl methyl sites for hydroxylation is 1. The molecule has 0 radical (unpaired) electrons. The number of aromatic amines is 1. The van der Waals surface area contributed by atoms with Crippen molar-refractivity contribution in [3.05, 3.63) is 78.6 Å². The van der Waals surface area contributed by atoms with Crippen molar-refractivity contribution in [2.24, 2.45) is 0 Å². The third-order valence-corrected chi connectivity index (χ3v) is 5.19. The van der Waals surface area contributed by atoms with Crippen LogP contribution in [0.15, 0.2) is 73.1 Å². The summed E-state index contributed by atoms with van der Waals surface area (Å²) < 4.78 is 5.26. The van der Waals surface area contributed by atoms with Crippen LogP contribution in [0.3, 0.4) is 0 Å². The van der Waals surface area contributed by atoms with Gasteiger partial charge in [0, 0.05) is 29.2 Å². The maximum atomic E-state index is 12.4. The topological polar surface area (TPSA) is 96.1 Å². The minimum atomic E-state index is -0.294. The zero-order chi connectivity index (χ0) is 22.3. The second-order valence-electron chi connectivity index (χ2n) is 7.32. The van der Waals surface area contributed by atoms with Crippen molar-refractivity contribution >= 4 is 28.4 Å². The molecule has 4 aromatic rings. The number of fused-ring (bicyclic) bond motifs is 1. The average Bonchev–Trinajstić information content (AvgIpc) is 3.20. The van der Waals surface area contributed by atoms with E-state index >= 15 is 0 Å². The number of carbonyl (C=O) groups is 2. The van der Waals surface area contributed by atoms with Gasteiger partial charge in [0.2, 0.25) is 11.8 Å². The summed E-state index contributed by atoms with van der Waals surface area (Å²) in [4.78, 5) is 31.9. The summed E-state index contributed by atoms with van der Waals surface area (Å²) in [5.41, 5.74) is 4.68. The van der Waals surface area contributed by atoms with E-state index in [0.29, 0.717) is 12.1 Å². The maximum Gasteiger partial charge on any atom is 0.243 e. The molecule has 0 fully saturated rings. The summed E-state index contributed by atoms with van der Waals surface area (Å²) in [5.74, 6) is 0.310. The van der Waals surface area contributed by atoms with E-state index in [9.17, 15) is 9.59 Å². The van der Waals surface area contributed by atoms with E-state index < -0.39 is 0 Å². The predicted molar refractivity (Wildman–Crippen MR) is 124 cm³/mol. The smallest absolute Gasteiger partial charge is 0.243 e. The van der Waals surface area contributed by atoms with Crippen molar-refractivity contribution in [1.29, 1.82) is 0 Å². The predicted octanol–water partition coefficient (Wildman–Crippen LogP) is 3.93. The molecule has 0 saturated heterocycles. The number of carbonyl (C=O) groups excluding carboxylic acids is 2. The molecule has 32 heavy (non-hydrogen) atoms. The van der Waals surface area contributed by atoms with Gasteiger partial charge in [0.15, 0.2) is 0 Å². The Hall–Kier alpha value is -4.13. The summed E-state index contributed by atoms with van der Waals surface area (Å²) in [6.07, 6.45) is 3.99. The Kier molecular flexibility index (Phi) is 6.46. The zero-order valence-corrected chi connectivity index (χ0v) is 17.7. The number of rotatable bonds is 8. The molecule has 2 amide bonds. The van der Waals surface area contributed by atoms with Crippen LogP contribution in [0.25, 0.3) is 22.2 Å². The van der Waals surface area contributed by atoms with Gasteiger partial charge in [0.25, 0.3) is 0 Å². The van der Waals surface area contributed by atoms with Gasteiger partial charge in [-0.15, -0.1) is 0 Å². The van der Waals surface area contributed by atoms with Crippen LogP contribution >= 0.6 is 0 Å². The molecule has 3 N–H and O–H groups in total. The molecule has 0 bridgehead atoms. The number of H-pyrrole nitrogens is 1. The highest BCUT2D eigenvalue weighted by Gasteiger charge is 2.15. The van der Waals surface area contributed by atoms with E-state index in [1.165, 1.54) is 0 Å². The molecule has 2 heterocycles. The lowest BCUT2D eigenvalue weighted by Crippen LogP contribution is -2.33. The van der Waals surface area contributed by atoms with E-state index in [-0.39, 0.29) is 24.8 Å². The van der Waals surface area contributed by atoms with Crippen molar-refractivity contribution in [1.82, 2.24) is 15.3 Å². The Labute approximate surface area is 185 Å². The molecule has 0 aliphatic carbocycles. The van der Waals surface area contributed by atoms with E-state index in [4.69, 9.17) is 4.74 Å². The van der Waals surface area contributed by atoms with Crippen LogP contribution in [-0.4, -0.2) is 35.4 Å². The molecule has 0 aliphatic heterocycles. The number of pyridine rings is 1. The number of benzene rings is 2. The number of nitrogens with one attached hydrogen (secondary N) is 3. The van der Waals surface area contributed by atoms with E-state index in [2.05, 4.69) is 20.6 Å². The molecule has 7 nitrogen and oxygen atoms in total. The first kappa shape index (κ1) is 21.1. The summed E-state index contributed by atoms with van der Waals surface area (Å²) in [7, 11) is 1.64. The van der Waals surface area contributed by atoms with Crippen LogP contribution in [-0.2, 0) is 16.0 Å². The summed E-state index contributed by atoms with van der Waals surface area (Å²) >= 11 is 0. The Morgan fingerprint density at radius 1 is 1.00 bits per heavy atom. The third-order valence-electron chi connectivity index (χ3n) is 5.19. The van der Waals surface area contributed by atoms with Gasteiger partial charge in [-0.05, 0) is 60.0 Å². The highest BCUT2D eigenvalue weighted by atomic mass is 16.5. The van der Waals surface area contributed by atoms with Gasteiger partial charge in [-0.1, -0.05) is 18.2 Å². The number of methoxy groups -OCH3 is 1. The van der Waals surface area contributed by atoms with E-state index in [1.807, 2.05) is 48.5 Å². The highest BCUT2D eigenvalue weighted by molar-refractivity contribution is 5.95. The standard InChI is InChI=1S/C25H24N4O3/c1-32-19-10-8-17(9-11-19)25-21(20-6-2-3-7-22(20)29-25)12-13-23(30)27-16-24(31)28-18-5-4-14-26-15-18/h2-11,14-15,29H,12-13,16H2,1H3,(H,27,30)(H,28,31). The quantitative estimate of drug-likeness (QED) is 0.396. The lowest BCUT2D eigenvalue weighted by molar-refractivity contribution is -0.124. The number of amides is 2. The van der Waals surface area contributed by atoms with Gasteiger partial charge in [-0.3, -0.25) is 14.6 Å². The third kappa shape index (κ3) is 4.95. The number of para-hydroxylation sites is 1. The van der Waals surface area contributed by atoms with Gasteiger partial charge >= 0.3 is 0 Å². The first-order chi connectivity index (χ1) is 15.6. The number of nitrogens with zero attached hydrogens (tertiary/aromatic N) is 1. The normalized spacial score (nSPS) is 10.7. The van der Waals surface area contributed by atoms with E-state index in [0.717, 1.165) is 33.5 Å². The molecule has 2 aromatic heterocycles. The minimum Gasteiger partial charge on any atom is -0.497 e. The van der Waals surface area contributed by atoms with Crippen LogP contribution in [0.2, 0.25) is 0 Å². The lowest BCUT2D eigenvalue weighted by atomic mass is 10.0. The Balaban J connectivity index is 1.43.